The Morgan fingerprint density at radius 2 is 1.81 bits per heavy atom. The summed E-state index contributed by atoms with van der Waals surface area (Å²) >= 11 is 9.64. The quantitative estimate of drug-likeness (QED) is 0.816. The van der Waals surface area contributed by atoms with Crippen molar-refractivity contribution in [3.8, 4) is 5.75 Å². The fraction of sp³-hybridized carbons (Fsp3) is 0.294. The number of aryl methyl sites for hydroxylation is 2. The summed E-state index contributed by atoms with van der Waals surface area (Å²) in [7, 11) is 3.62. The van der Waals surface area contributed by atoms with E-state index in [1.54, 1.807) is 7.11 Å². The van der Waals surface area contributed by atoms with Crippen LogP contribution in [0, 0.1) is 13.8 Å². The molecule has 112 valence electrons. The van der Waals surface area contributed by atoms with E-state index in [1.165, 1.54) is 16.7 Å². The van der Waals surface area contributed by atoms with Gasteiger partial charge < -0.3 is 10.1 Å². The van der Waals surface area contributed by atoms with Crippen molar-refractivity contribution in [2.24, 2.45) is 0 Å². The van der Waals surface area contributed by atoms with Crippen molar-refractivity contribution in [2.75, 3.05) is 14.2 Å². The van der Waals surface area contributed by atoms with E-state index in [2.05, 4.69) is 47.2 Å². The molecule has 2 rings (SSSR count). The molecule has 0 bridgehead atoms. The van der Waals surface area contributed by atoms with E-state index >= 15 is 0 Å². The first kappa shape index (κ1) is 16.3. The van der Waals surface area contributed by atoms with Gasteiger partial charge in [0.25, 0.3) is 0 Å². The summed E-state index contributed by atoms with van der Waals surface area (Å²) in [5.74, 6) is 0.793. The maximum atomic E-state index is 6.06. The Kier molecular flexibility index (Phi) is 5.31. The van der Waals surface area contributed by atoms with Crippen LogP contribution >= 0.6 is 27.5 Å². The zero-order valence-corrected chi connectivity index (χ0v) is 15.0. The number of methoxy groups -OCH3 is 1. The molecule has 0 fully saturated rings. The third kappa shape index (κ3) is 3.42. The summed E-state index contributed by atoms with van der Waals surface area (Å²) in [6, 6.07) is 10.2. The van der Waals surface area contributed by atoms with E-state index in [0.29, 0.717) is 5.02 Å². The zero-order chi connectivity index (χ0) is 15.6. The monoisotopic (exact) mass is 367 g/mol. The highest BCUT2D eigenvalue weighted by Crippen LogP contribution is 2.35. The molecule has 4 heteroatoms. The van der Waals surface area contributed by atoms with Gasteiger partial charge in [0, 0.05) is 15.1 Å². The Hall–Kier alpha value is -1.03. The molecular formula is C17H19BrClNO. The van der Waals surface area contributed by atoms with Gasteiger partial charge in [-0.25, -0.2) is 0 Å². The van der Waals surface area contributed by atoms with Gasteiger partial charge in [0.1, 0.15) is 5.75 Å². The van der Waals surface area contributed by atoms with E-state index in [9.17, 15) is 0 Å². The van der Waals surface area contributed by atoms with Gasteiger partial charge in [-0.15, -0.1) is 0 Å². The third-order valence-corrected chi connectivity index (χ3v) is 4.74. The number of hydrogen-bond acceptors (Lipinski definition) is 2. The zero-order valence-electron chi connectivity index (χ0n) is 12.6. The van der Waals surface area contributed by atoms with E-state index in [0.717, 1.165) is 15.8 Å². The van der Waals surface area contributed by atoms with Gasteiger partial charge in [-0.05, 0) is 55.8 Å². The molecule has 0 aliphatic carbocycles. The summed E-state index contributed by atoms with van der Waals surface area (Å²) in [6.07, 6.45) is 0. The van der Waals surface area contributed by atoms with E-state index in [4.69, 9.17) is 16.3 Å². The van der Waals surface area contributed by atoms with Gasteiger partial charge in [-0.1, -0.05) is 39.7 Å². The molecule has 1 N–H and O–H groups in total. The lowest BCUT2D eigenvalue weighted by Gasteiger charge is -2.22. The Morgan fingerprint density at radius 1 is 1.10 bits per heavy atom. The first-order valence-corrected chi connectivity index (χ1v) is 7.92. The standard InChI is InChI=1S/C17H19BrClNO/c1-10-8-15(18)11(2)7-14(10)17(20-3)13-6-5-12(19)9-16(13)21-4/h5-9,17,20H,1-4H3. The fourth-order valence-corrected chi connectivity index (χ4v) is 3.14. The van der Waals surface area contributed by atoms with Crippen LogP contribution in [0.15, 0.2) is 34.8 Å². The van der Waals surface area contributed by atoms with Crippen molar-refractivity contribution in [1.29, 1.82) is 0 Å². The van der Waals surface area contributed by atoms with Crippen LogP contribution in [0.2, 0.25) is 5.02 Å². The normalized spacial score (nSPS) is 12.3. The van der Waals surface area contributed by atoms with Gasteiger partial charge in [-0.3, -0.25) is 0 Å². The molecule has 0 amide bonds. The highest BCUT2D eigenvalue weighted by atomic mass is 79.9. The van der Waals surface area contributed by atoms with Crippen LogP contribution < -0.4 is 10.1 Å². The number of hydrogen-bond donors (Lipinski definition) is 1. The van der Waals surface area contributed by atoms with Crippen LogP contribution in [0.3, 0.4) is 0 Å². The van der Waals surface area contributed by atoms with Crippen LogP contribution in [-0.2, 0) is 0 Å². The van der Waals surface area contributed by atoms with Gasteiger partial charge in [0.2, 0.25) is 0 Å². The van der Waals surface area contributed by atoms with Crippen LogP contribution in [0.4, 0.5) is 0 Å². The lowest BCUT2D eigenvalue weighted by molar-refractivity contribution is 0.405. The molecular weight excluding hydrogens is 350 g/mol. The van der Waals surface area contributed by atoms with Crippen molar-refractivity contribution in [3.05, 3.63) is 62.1 Å². The number of halogens is 2. The second kappa shape index (κ2) is 6.82. The van der Waals surface area contributed by atoms with Gasteiger partial charge >= 0.3 is 0 Å². The molecule has 21 heavy (non-hydrogen) atoms. The minimum Gasteiger partial charge on any atom is -0.496 e. The number of ether oxygens (including phenoxy) is 1. The first-order chi connectivity index (χ1) is 9.97. The van der Waals surface area contributed by atoms with Crippen molar-refractivity contribution in [3.63, 3.8) is 0 Å². The van der Waals surface area contributed by atoms with Crippen LogP contribution in [0.1, 0.15) is 28.3 Å². The third-order valence-electron chi connectivity index (χ3n) is 3.65. The molecule has 2 nitrogen and oxygen atoms in total. The largest absolute Gasteiger partial charge is 0.496 e. The van der Waals surface area contributed by atoms with Gasteiger partial charge in [0.05, 0.1) is 13.2 Å². The molecule has 0 saturated heterocycles. The summed E-state index contributed by atoms with van der Waals surface area (Å²) in [4.78, 5) is 0. The maximum Gasteiger partial charge on any atom is 0.125 e. The summed E-state index contributed by atoms with van der Waals surface area (Å²) in [5, 5.41) is 4.05. The van der Waals surface area contributed by atoms with Gasteiger partial charge in [-0.2, -0.15) is 0 Å². The lowest BCUT2D eigenvalue weighted by Crippen LogP contribution is -2.19. The highest BCUT2D eigenvalue weighted by Gasteiger charge is 2.19. The molecule has 0 spiro atoms. The average molecular weight is 369 g/mol. The summed E-state index contributed by atoms with van der Waals surface area (Å²) in [6.45, 7) is 4.21. The Labute approximate surface area is 139 Å². The molecule has 0 aliphatic heterocycles. The van der Waals surface area contributed by atoms with Crippen LogP contribution in [0.25, 0.3) is 0 Å². The Morgan fingerprint density at radius 3 is 2.43 bits per heavy atom. The number of rotatable bonds is 4. The molecule has 2 aromatic rings. The number of benzene rings is 2. The number of nitrogens with one attached hydrogen (secondary N) is 1. The molecule has 0 radical (unpaired) electrons. The van der Waals surface area contributed by atoms with E-state index in [-0.39, 0.29) is 6.04 Å². The Bertz CT molecular complexity index is 657. The highest BCUT2D eigenvalue weighted by molar-refractivity contribution is 9.10. The second-order valence-electron chi connectivity index (χ2n) is 5.07. The predicted molar refractivity (Wildman–Crippen MR) is 92.5 cm³/mol. The molecule has 1 unspecified atom stereocenters. The van der Waals surface area contributed by atoms with Crippen molar-refractivity contribution in [1.82, 2.24) is 5.32 Å². The van der Waals surface area contributed by atoms with Gasteiger partial charge in [0.15, 0.2) is 0 Å². The average Bonchev–Trinajstić information content (AvgIpc) is 2.46. The molecule has 1 atom stereocenters. The first-order valence-electron chi connectivity index (χ1n) is 6.75. The molecule has 0 aliphatic rings. The minimum atomic E-state index is 0.0593. The van der Waals surface area contributed by atoms with Crippen molar-refractivity contribution < 1.29 is 4.74 Å². The fourth-order valence-electron chi connectivity index (χ4n) is 2.52. The van der Waals surface area contributed by atoms with Crippen LogP contribution in [0.5, 0.6) is 5.75 Å². The smallest absolute Gasteiger partial charge is 0.125 e. The van der Waals surface area contributed by atoms with E-state index in [1.807, 2.05) is 25.2 Å². The maximum absolute atomic E-state index is 6.06. The topological polar surface area (TPSA) is 21.3 Å². The predicted octanol–water partition coefficient (Wildman–Crippen LogP) is 5.04. The lowest BCUT2D eigenvalue weighted by atomic mass is 9.93. The SMILES string of the molecule is CNC(c1cc(C)c(Br)cc1C)c1ccc(Cl)cc1OC. The molecule has 0 heterocycles. The Balaban J connectivity index is 2.57. The molecule has 0 aromatic heterocycles. The van der Waals surface area contributed by atoms with Crippen LogP contribution in [-0.4, -0.2) is 14.2 Å². The summed E-state index contributed by atoms with van der Waals surface area (Å²) in [5.41, 5.74) is 4.75. The second-order valence-corrected chi connectivity index (χ2v) is 6.36. The van der Waals surface area contributed by atoms with Crippen molar-refractivity contribution in [2.45, 2.75) is 19.9 Å². The molecule has 0 saturated carbocycles. The summed E-state index contributed by atoms with van der Waals surface area (Å²) < 4.78 is 6.62. The van der Waals surface area contributed by atoms with Crippen molar-refractivity contribution >= 4 is 27.5 Å². The minimum absolute atomic E-state index is 0.0593. The van der Waals surface area contributed by atoms with E-state index < -0.39 is 0 Å². The molecule has 2 aromatic carbocycles.